The smallest absolute Gasteiger partial charge is 0.382 e. The molecule has 33 heteroatoms. The molecule has 3 aliphatic heterocycles. The van der Waals surface area contributed by atoms with Gasteiger partial charge < -0.3 is 52.1 Å². The highest BCUT2D eigenvalue weighted by Crippen LogP contribution is 2.65. The zero-order valence-electron chi connectivity index (χ0n) is 48.7. The number of aromatic nitrogens is 8. The summed E-state index contributed by atoms with van der Waals surface area (Å²) in [5.41, 5.74) is 11.2. The number of alkyl halides is 2. The van der Waals surface area contributed by atoms with E-state index in [-0.39, 0.29) is 77.2 Å². The van der Waals surface area contributed by atoms with Gasteiger partial charge in [0, 0.05) is 24.4 Å². The van der Waals surface area contributed by atoms with Crippen LogP contribution in [-0.2, 0) is 56.8 Å². The van der Waals surface area contributed by atoms with E-state index in [4.69, 9.17) is 39.0 Å². The Hall–Kier alpha value is -6.01. The Kier molecular flexibility index (Phi) is 24.2. The number of fused-ring (bicyclic) bond motifs is 4. The average molecular weight is 1280 g/mol. The van der Waals surface area contributed by atoms with Crippen LogP contribution in [0.1, 0.15) is 142 Å². The van der Waals surface area contributed by atoms with Gasteiger partial charge in [-0.25, -0.2) is 47.6 Å². The number of anilines is 2. The minimum Gasteiger partial charge on any atom is -0.382 e. The molecule has 3 fully saturated rings. The van der Waals surface area contributed by atoms with Crippen molar-refractivity contribution < 1.29 is 69.6 Å². The number of phosphoric ester groups is 1. The van der Waals surface area contributed by atoms with Crippen LogP contribution in [0.3, 0.4) is 0 Å². The molecule has 28 nitrogen and oxygen atoms in total. The normalized spacial score (nSPS) is 25.7. The minimum atomic E-state index is -5.28. The molecule has 10 N–H and O–H groups in total. The number of halogens is 2. The number of imidazole rings is 2. The quantitative estimate of drug-likeness (QED) is 0.0170. The fraction of sp³-hybridized carbons (Fsp3) is 0.630. The Morgan fingerprint density at radius 2 is 1.36 bits per heavy atom. The van der Waals surface area contributed by atoms with Crippen LogP contribution in [0, 0.1) is 5.92 Å². The zero-order valence-corrected chi connectivity index (χ0v) is 51.3. The number of ether oxygens (including phenoxy) is 2. The number of nitrogens with two attached hydrogens (primary N) is 2. The second-order valence-corrected chi connectivity index (χ2v) is 27.5. The van der Waals surface area contributed by atoms with E-state index in [9.17, 15) is 33.4 Å². The number of nitrogens with one attached hydrogen (secondary N) is 5. The van der Waals surface area contributed by atoms with E-state index in [2.05, 4.69) is 58.1 Å². The second kappa shape index (κ2) is 31.4. The Morgan fingerprint density at radius 3 is 1.98 bits per heavy atom. The fourth-order valence-corrected chi connectivity index (χ4v) is 14.8. The summed E-state index contributed by atoms with van der Waals surface area (Å²) in [6, 6.07) is 3.37. The van der Waals surface area contributed by atoms with Crippen LogP contribution in [0.15, 0.2) is 54.4 Å². The second-order valence-electron chi connectivity index (χ2n) is 22.0. The van der Waals surface area contributed by atoms with E-state index in [1.165, 1.54) is 69.9 Å². The number of carbonyl (C=O) groups excluding carboxylic acids is 4. The third kappa shape index (κ3) is 18.1. The molecule has 12 atom stereocenters. The molecule has 2 unspecified atom stereocenters. The van der Waals surface area contributed by atoms with Crippen molar-refractivity contribution in [2.45, 2.75) is 191 Å². The van der Waals surface area contributed by atoms with Gasteiger partial charge in [0.05, 0.1) is 32.2 Å². The van der Waals surface area contributed by atoms with Gasteiger partial charge in [-0.1, -0.05) is 110 Å². The Labute approximate surface area is 504 Å². The first-order valence-electron chi connectivity index (χ1n) is 29.4. The number of hydrogen-bond acceptors (Lipinski definition) is 20. The molecule has 3 aliphatic rings. The standard InChI is InChI=1S/C54H78F2N14O14P2S/c1-4-5-6-7-8-9-10-11-12-13-14-15-16-19-38(71)68-41(32(2)3)51(74)67-35(18-17-24-59-54(58)75)49(72)66-34-22-20-33(21-23-34)27-87-86(78)80-26-37-44(39(55)52(82-37)69-30-64-42-46(57)60-28-61-47(42)69)83-85(76,77)79-25-36-45(84-86)40(56)53(81-36)70-31-65-43-48(70)62-29-63-50(43)73/h20-23,28-32,35-37,39-41,44-45,52-53H,4-19,24-27H2,1-3H3,(H,66,72)(H,67,74)(H,68,71)(H,76,77)(H2,57,60,61)(H3,58,59,75)(H,62,63,73)/t35-,36+,37+,39+,40+,41-,44+,45+,52+,53+,86?/m0/s1. The average Bonchev–Trinajstić information content (AvgIpc) is 1.69. The van der Waals surface area contributed by atoms with Gasteiger partial charge in [-0.2, -0.15) is 0 Å². The summed E-state index contributed by atoms with van der Waals surface area (Å²) in [4.78, 5) is 98.6. The van der Waals surface area contributed by atoms with Crippen LogP contribution in [0.5, 0.6) is 0 Å². The molecule has 0 bridgehead atoms. The molecule has 7 heterocycles. The SMILES string of the molecule is CCCCCCCCCCCCCCCC(=O)N[C@H](C(=O)N[C@@H](CCCNC(N)=O)C(=O)Nc1ccc(CSP2(=O)OC[C@H]3O[C@@H](n4cnc5c(N)ncnc54)[C@H](F)[C@@H]3OP(=O)(O)OC[C@H]3O[C@@H](n4cnc5c(=O)[nH]cnc54)[C@H](F)[C@@H]3O2)cc1)C(C)C. The number of hydrogen-bond donors (Lipinski definition) is 8. The third-order valence-electron chi connectivity index (χ3n) is 15.1. The van der Waals surface area contributed by atoms with E-state index in [0.717, 1.165) is 53.7 Å². The molecule has 8 rings (SSSR count). The highest BCUT2D eigenvalue weighted by Gasteiger charge is 2.55. The Balaban J connectivity index is 0.927. The minimum absolute atomic E-state index is 0.0282. The molecule has 478 valence electrons. The first-order chi connectivity index (χ1) is 41.7. The van der Waals surface area contributed by atoms with Gasteiger partial charge in [-0.05, 0) is 54.3 Å². The highest BCUT2D eigenvalue weighted by molar-refractivity contribution is 8.54. The number of phosphoric acid groups is 1. The van der Waals surface area contributed by atoms with Crippen molar-refractivity contribution in [1.29, 1.82) is 0 Å². The van der Waals surface area contributed by atoms with E-state index >= 15 is 13.3 Å². The Morgan fingerprint density at radius 1 is 0.770 bits per heavy atom. The van der Waals surface area contributed by atoms with Gasteiger partial charge in [0.25, 0.3) is 5.56 Å². The number of H-pyrrole nitrogens is 1. The molecule has 4 aromatic heterocycles. The number of aromatic amines is 1. The third-order valence-corrected chi connectivity index (χ3v) is 19.8. The number of rotatable bonds is 29. The summed E-state index contributed by atoms with van der Waals surface area (Å²) < 4.78 is 99.5. The van der Waals surface area contributed by atoms with Crippen molar-refractivity contribution in [3.05, 3.63) is 65.5 Å². The number of benzene rings is 1. The highest BCUT2D eigenvalue weighted by atomic mass is 32.7. The zero-order chi connectivity index (χ0) is 62.3. The molecule has 0 spiro atoms. The topological polar surface area (TPSA) is 385 Å². The molecule has 0 saturated carbocycles. The summed E-state index contributed by atoms with van der Waals surface area (Å²) in [5, 5.41) is 10.9. The number of nitrogen functional groups attached to an aromatic ring is 1. The first kappa shape index (κ1) is 66.9. The van der Waals surface area contributed by atoms with Crippen LogP contribution in [0.4, 0.5) is 25.1 Å². The predicted octanol–water partition coefficient (Wildman–Crippen LogP) is 7.47. The molecule has 3 saturated heterocycles. The van der Waals surface area contributed by atoms with Crippen molar-refractivity contribution in [3.8, 4) is 0 Å². The summed E-state index contributed by atoms with van der Waals surface area (Å²) in [7, 11) is -5.28. The van der Waals surface area contributed by atoms with Crippen LogP contribution in [0.2, 0.25) is 0 Å². The maximum absolute atomic E-state index is 17.0. The summed E-state index contributed by atoms with van der Waals surface area (Å²) >= 11 is 0.587. The van der Waals surface area contributed by atoms with Crippen LogP contribution in [-0.4, -0.2) is 136 Å². The molecule has 0 aliphatic carbocycles. The van der Waals surface area contributed by atoms with Crippen LogP contribution < -0.4 is 38.3 Å². The number of amides is 5. The van der Waals surface area contributed by atoms with Gasteiger partial charge in [0.2, 0.25) is 17.7 Å². The number of nitrogens with zero attached hydrogens (tertiary/aromatic N) is 7. The molecular formula is C54H78F2N14O14P2S. The molecule has 1 aromatic carbocycles. The van der Waals surface area contributed by atoms with Gasteiger partial charge in [0.1, 0.15) is 48.3 Å². The van der Waals surface area contributed by atoms with E-state index in [1.54, 1.807) is 26.0 Å². The lowest BCUT2D eigenvalue weighted by Gasteiger charge is -2.29. The van der Waals surface area contributed by atoms with Crippen molar-refractivity contribution >= 4 is 83.6 Å². The van der Waals surface area contributed by atoms with E-state index in [0.29, 0.717) is 23.4 Å². The molecule has 5 aromatic rings. The molecular weight excluding hydrogens is 1200 g/mol. The number of urea groups is 1. The number of unbranched alkanes of at least 4 members (excludes halogenated alkanes) is 12. The van der Waals surface area contributed by atoms with Gasteiger partial charge in [-0.15, -0.1) is 0 Å². The maximum atomic E-state index is 17.0. The largest absolute Gasteiger partial charge is 0.472 e. The molecule has 0 radical (unpaired) electrons. The van der Waals surface area contributed by atoms with Crippen molar-refractivity contribution in [3.63, 3.8) is 0 Å². The lowest BCUT2D eigenvalue weighted by Crippen LogP contribution is -2.54. The van der Waals surface area contributed by atoms with Crippen molar-refractivity contribution in [2.24, 2.45) is 11.7 Å². The van der Waals surface area contributed by atoms with Gasteiger partial charge in [-0.3, -0.25) is 46.4 Å². The molecule has 87 heavy (non-hydrogen) atoms. The van der Waals surface area contributed by atoms with Crippen molar-refractivity contribution in [1.82, 2.24) is 55.0 Å². The summed E-state index contributed by atoms with van der Waals surface area (Å²) in [6.07, 6.45) is 5.22. The maximum Gasteiger partial charge on any atom is 0.472 e. The first-order valence-corrected chi connectivity index (χ1v) is 34.1. The fourth-order valence-electron chi connectivity index (χ4n) is 10.4. The number of carbonyl (C=O) groups is 4. The van der Waals surface area contributed by atoms with E-state index in [1.807, 2.05) is 0 Å². The predicted molar refractivity (Wildman–Crippen MR) is 317 cm³/mol. The lowest BCUT2D eigenvalue weighted by atomic mass is 10.0. The van der Waals surface area contributed by atoms with Gasteiger partial charge >= 0.3 is 20.7 Å². The summed E-state index contributed by atoms with van der Waals surface area (Å²) in [6.45, 7) is -0.600. The molecule has 5 amide bonds. The van der Waals surface area contributed by atoms with Gasteiger partial charge in [0.15, 0.2) is 47.4 Å². The Bertz CT molecular complexity index is 3280. The summed E-state index contributed by atoms with van der Waals surface area (Å²) in [5.74, 6) is -1.98. The van der Waals surface area contributed by atoms with Crippen molar-refractivity contribution in [2.75, 3.05) is 30.8 Å². The number of primary amides is 1. The lowest BCUT2D eigenvalue weighted by molar-refractivity contribution is -0.132. The monoisotopic (exact) mass is 1280 g/mol. The van der Waals surface area contributed by atoms with Crippen LogP contribution in [0.25, 0.3) is 22.3 Å². The van der Waals surface area contributed by atoms with Crippen LogP contribution >= 0.6 is 26.0 Å². The van der Waals surface area contributed by atoms with E-state index < -0.39 is 113 Å².